The Hall–Kier alpha value is -2.52. The molecule has 0 aromatic heterocycles. The van der Waals surface area contributed by atoms with Crippen LogP contribution < -0.4 is 4.90 Å². The minimum absolute atomic E-state index is 0.0343. The zero-order valence-electron chi connectivity index (χ0n) is 17.1. The molecule has 0 bridgehead atoms. The minimum Gasteiger partial charge on any atom is -0.366 e. The first-order valence-corrected chi connectivity index (χ1v) is 11.8. The summed E-state index contributed by atoms with van der Waals surface area (Å²) in [7, 11) is -3.70. The molecular formula is C22H25F2N3O3S. The number of nitrogens with zero attached hydrogens (tertiary/aromatic N) is 3. The van der Waals surface area contributed by atoms with Gasteiger partial charge in [0.2, 0.25) is 15.9 Å². The van der Waals surface area contributed by atoms with E-state index in [1.807, 2.05) is 4.90 Å². The van der Waals surface area contributed by atoms with Crippen LogP contribution in [0.1, 0.15) is 12.8 Å². The summed E-state index contributed by atoms with van der Waals surface area (Å²) in [6.45, 7) is 2.66. The van der Waals surface area contributed by atoms with Crippen LogP contribution in [0.15, 0.2) is 53.4 Å². The van der Waals surface area contributed by atoms with Gasteiger partial charge in [0.1, 0.15) is 11.6 Å². The standard InChI is InChI=1S/C22H25F2N3O3S/c23-18-5-7-19(8-6-18)31(29,30)27-11-9-17(10-12-27)22(28)26-15-13-25(14-16-26)21-4-2-1-3-20(21)24/h1-8,17H,9-16H2. The molecule has 4 rings (SSSR count). The van der Waals surface area contributed by atoms with E-state index in [0.717, 1.165) is 12.1 Å². The molecule has 2 fully saturated rings. The van der Waals surface area contributed by atoms with Gasteiger partial charge in [0.15, 0.2) is 0 Å². The number of hydrogen-bond acceptors (Lipinski definition) is 4. The highest BCUT2D eigenvalue weighted by Crippen LogP contribution is 2.26. The summed E-state index contributed by atoms with van der Waals surface area (Å²) in [6.07, 6.45) is 0.902. The molecule has 2 aromatic rings. The van der Waals surface area contributed by atoms with Gasteiger partial charge in [-0.15, -0.1) is 0 Å². The number of halogens is 2. The Morgan fingerprint density at radius 3 is 2.06 bits per heavy atom. The molecule has 6 nitrogen and oxygen atoms in total. The van der Waals surface area contributed by atoms with Gasteiger partial charge in [-0.05, 0) is 49.2 Å². The second-order valence-corrected chi connectivity index (χ2v) is 9.83. The molecule has 9 heteroatoms. The summed E-state index contributed by atoms with van der Waals surface area (Å²) in [6, 6.07) is 11.4. The molecule has 1 amide bonds. The summed E-state index contributed by atoms with van der Waals surface area (Å²) in [5.74, 6) is -0.943. The SMILES string of the molecule is O=C(C1CCN(S(=O)(=O)c2ccc(F)cc2)CC1)N1CCN(c2ccccc2F)CC1. The Morgan fingerprint density at radius 2 is 1.45 bits per heavy atom. The maximum Gasteiger partial charge on any atom is 0.243 e. The van der Waals surface area contributed by atoms with Crippen LogP contribution >= 0.6 is 0 Å². The molecule has 0 atom stereocenters. The first-order valence-electron chi connectivity index (χ1n) is 10.4. The number of carbonyl (C=O) groups excluding carboxylic acids is 1. The number of para-hydroxylation sites is 1. The minimum atomic E-state index is -3.70. The lowest BCUT2D eigenvalue weighted by molar-refractivity contribution is -0.137. The average Bonchev–Trinajstić information content (AvgIpc) is 2.79. The zero-order valence-corrected chi connectivity index (χ0v) is 17.9. The average molecular weight is 450 g/mol. The Morgan fingerprint density at radius 1 is 0.839 bits per heavy atom. The van der Waals surface area contributed by atoms with E-state index >= 15 is 0 Å². The van der Waals surface area contributed by atoms with Crippen molar-refractivity contribution in [1.29, 1.82) is 0 Å². The summed E-state index contributed by atoms with van der Waals surface area (Å²) < 4.78 is 54.0. The summed E-state index contributed by atoms with van der Waals surface area (Å²) in [5, 5.41) is 0. The Balaban J connectivity index is 1.32. The number of piperazine rings is 1. The highest BCUT2D eigenvalue weighted by atomic mass is 32.2. The molecule has 0 radical (unpaired) electrons. The van der Waals surface area contributed by atoms with E-state index in [-0.39, 0.29) is 35.6 Å². The molecule has 166 valence electrons. The Labute approximate surface area is 181 Å². The van der Waals surface area contributed by atoms with Crippen molar-refractivity contribution in [3.8, 4) is 0 Å². The van der Waals surface area contributed by atoms with E-state index in [1.54, 1.807) is 23.1 Å². The first-order chi connectivity index (χ1) is 14.9. The summed E-state index contributed by atoms with van der Waals surface area (Å²) in [5.41, 5.74) is 0.550. The van der Waals surface area contributed by atoms with Crippen LogP contribution in [0.2, 0.25) is 0 Å². The molecule has 0 unspecified atom stereocenters. The molecule has 31 heavy (non-hydrogen) atoms. The van der Waals surface area contributed by atoms with Gasteiger partial charge < -0.3 is 9.80 Å². The predicted molar refractivity (Wildman–Crippen MR) is 113 cm³/mol. The van der Waals surface area contributed by atoms with E-state index in [1.165, 1.54) is 22.5 Å². The van der Waals surface area contributed by atoms with E-state index in [0.29, 0.717) is 44.7 Å². The monoisotopic (exact) mass is 449 g/mol. The Bertz CT molecular complexity index is 1030. The maximum absolute atomic E-state index is 14.0. The highest BCUT2D eigenvalue weighted by Gasteiger charge is 2.34. The van der Waals surface area contributed by atoms with Gasteiger partial charge in [-0.3, -0.25) is 4.79 Å². The third-order valence-electron chi connectivity index (χ3n) is 6.04. The smallest absolute Gasteiger partial charge is 0.243 e. The van der Waals surface area contributed by atoms with Crippen LogP contribution in [-0.2, 0) is 14.8 Å². The molecule has 0 aliphatic carbocycles. The van der Waals surface area contributed by atoms with E-state index in [4.69, 9.17) is 0 Å². The first kappa shape index (κ1) is 21.7. The number of sulfonamides is 1. The molecule has 2 aliphatic rings. The van der Waals surface area contributed by atoms with Gasteiger partial charge in [0, 0.05) is 45.2 Å². The molecule has 0 N–H and O–H groups in total. The fourth-order valence-electron chi connectivity index (χ4n) is 4.23. The molecule has 2 aliphatic heterocycles. The van der Waals surface area contributed by atoms with Crippen molar-refractivity contribution in [2.24, 2.45) is 5.92 Å². The van der Waals surface area contributed by atoms with E-state index in [9.17, 15) is 22.0 Å². The third-order valence-corrected chi connectivity index (χ3v) is 7.95. The van der Waals surface area contributed by atoms with Crippen molar-refractivity contribution in [3.63, 3.8) is 0 Å². The quantitative estimate of drug-likeness (QED) is 0.720. The number of piperidine rings is 1. The topological polar surface area (TPSA) is 60.9 Å². The number of hydrogen-bond donors (Lipinski definition) is 0. The van der Waals surface area contributed by atoms with Crippen molar-refractivity contribution < 1.29 is 22.0 Å². The molecule has 2 heterocycles. The largest absolute Gasteiger partial charge is 0.366 e. The normalized spacial score (nSPS) is 18.9. The van der Waals surface area contributed by atoms with Crippen LogP contribution in [0, 0.1) is 17.6 Å². The van der Waals surface area contributed by atoms with Crippen LogP contribution in [0.25, 0.3) is 0 Å². The van der Waals surface area contributed by atoms with Crippen molar-refractivity contribution in [2.75, 3.05) is 44.2 Å². The van der Waals surface area contributed by atoms with Gasteiger partial charge in [0.25, 0.3) is 0 Å². The molecule has 2 aromatic carbocycles. The molecule has 0 spiro atoms. The second-order valence-electron chi connectivity index (χ2n) is 7.90. The third kappa shape index (κ3) is 4.57. The summed E-state index contributed by atoms with van der Waals surface area (Å²) >= 11 is 0. The van der Waals surface area contributed by atoms with E-state index < -0.39 is 15.8 Å². The molecule has 0 saturated carbocycles. The van der Waals surface area contributed by atoms with Gasteiger partial charge in [-0.25, -0.2) is 17.2 Å². The van der Waals surface area contributed by atoms with Crippen LogP contribution in [0.5, 0.6) is 0 Å². The molecular weight excluding hydrogens is 424 g/mol. The van der Waals surface area contributed by atoms with E-state index in [2.05, 4.69) is 0 Å². The van der Waals surface area contributed by atoms with Crippen molar-refractivity contribution >= 4 is 21.6 Å². The van der Waals surface area contributed by atoms with Crippen molar-refractivity contribution in [2.45, 2.75) is 17.7 Å². The lowest BCUT2D eigenvalue weighted by Crippen LogP contribution is -2.52. The fourth-order valence-corrected chi connectivity index (χ4v) is 5.70. The van der Waals surface area contributed by atoms with Crippen LogP contribution in [0.4, 0.5) is 14.5 Å². The number of anilines is 1. The maximum atomic E-state index is 14.0. The van der Waals surface area contributed by atoms with Gasteiger partial charge in [-0.2, -0.15) is 4.31 Å². The van der Waals surface area contributed by atoms with Gasteiger partial charge in [-0.1, -0.05) is 12.1 Å². The summed E-state index contributed by atoms with van der Waals surface area (Å²) in [4.78, 5) is 16.7. The number of rotatable bonds is 4. The number of benzene rings is 2. The lowest BCUT2D eigenvalue weighted by Gasteiger charge is -2.39. The van der Waals surface area contributed by atoms with Crippen molar-refractivity contribution in [3.05, 3.63) is 60.2 Å². The fraction of sp³-hybridized carbons (Fsp3) is 0.409. The molecule has 2 saturated heterocycles. The Kier molecular flexibility index (Phi) is 6.24. The zero-order chi connectivity index (χ0) is 22.0. The van der Waals surface area contributed by atoms with Gasteiger partial charge in [0.05, 0.1) is 10.6 Å². The van der Waals surface area contributed by atoms with Crippen LogP contribution in [0.3, 0.4) is 0 Å². The number of carbonyl (C=O) groups is 1. The predicted octanol–water partition coefficient (Wildman–Crippen LogP) is 2.71. The van der Waals surface area contributed by atoms with Crippen LogP contribution in [-0.4, -0.2) is 62.8 Å². The second kappa shape index (κ2) is 8.92. The van der Waals surface area contributed by atoms with Gasteiger partial charge >= 0.3 is 0 Å². The highest BCUT2D eigenvalue weighted by molar-refractivity contribution is 7.89. The number of amides is 1. The van der Waals surface area contributed by atoms with Crippen molar-refractivity contribution in [1.82, 2.24) is 9.21 Å². The lowest BCUT2D eigenvalue weighted by atomic mass is 9.96.